The third-order valence-electron chi connectivity index (χ3n) is 3.09. The molecule has 0 spiro atoms. The van der Waals surface area contributed by atoms with Gasteiger partial charge in [-0.05, 0) is 19.4 Å². The van der Waals surface area contributed by atoms with Gasteiger partial charge in [-0.25, -0.2) is 4.98 Å². The Morgan fingerprint density at radius 3 is 2.60 bits per heavy atom. The molecule has 1 aromatic heterocycles. The van der Waals surface area contributed by atoms with Crippen LogP contribution in [0.15, 0.2) is 41.7 Å². The fraction of sp³-hybridized carbons (Fsp3) is 0.333. The standard InChI is InChI=1S/C15H19N3OS/c1-3-18(4-2)14(19)11-20-15-16-10-13(17-15)12-8-6-5-7-9-12/h5-10H,3-4,11H2,1-2H3,(H,16,17). The normalized spacial score (nSPS) is 10.5. The van der Waals surface area contributed by atoms with Gasteiger partial charge in [0.2, 0.25) is 5.91 Å². The van der Waals surface area contributed by atoms with E-state index in [9.17, 15) is 4.79 Å². The Hall–Kier alpha value is -1.75. The van der Waals surface area contributed by atoms with Crippen LogP contribution in [0.25, 0.3) is 11.3 Å². The molecule has 0 radical (unpaired) electrons. The van der Waals surface area contributed by atoms with Crippen LogP contribution in [0.2, 0.25) is 0 Å². The van der Waals surface area contributed by atoms with Gasteiger partial charge in [0.1, 0.15) is 0 Å². The molecule has 0 aliphatic carbocycles. The van der Waals surface area contributed by atoms with Gasteiger partial charge in [-0.3, -0.25) is 4.79 Å². The number of amides is 1. The summed E-state index contributed by atoms with van der Waals surface area (Å²) in [5.74, 6) is 0.571. The van der Waals surface area contributed by atoms with Crippen LogP contribution in [-0.4, -0.2) is 39.6 Å². The maximum absolute atomic E-state index is 11.9. The predicted octanol–water partition coefficient (Wildman–Crippen LogP) is 3.04. The van der Waals surface area contributed by atoms with Crippen LogP contribution in [0.5, 0.6) is 0 Å². The van der Waals surface area contributed by atoms with Crippen molar-refractivity contribution in [2.75, 3.05) is 18.8 Å². The van der Waals surface area contributed by atoms with E-state index in [0.717, 1.165) is 29.5 Å². The molecule has 0 fully saturated rings. The quantitative estimate of drug-likeness (QED) is 0.832. The van der Waals surface area contributed by atoms with E-state index in [1.165, 1.54) is 11.8 Å². The van der Waals surface area contributed by atoms with E-state index in [2.05, 4.69) is 9.97 Å². The lowest BCUT2D eigenvalue weighted by atomic mass is 10.2. The number of nitrogens with zero attached hydrogens (tertiary/aromatic N) is 2. The van der Waals surface area contributed by atoms with E-state index in [1.807, 2.05) is 49.1 Å². The Bertz CT molecular complexity index is 549. The lowest BCUT2D eigenvalue weighted by molar-refractivity contribution is -0.127. The molecular formula is C15H19N3OS. The van der Waals surface area contributed by atoms with Crippen LogP contribution < -0.4 is 0 Å². The third kappa shape index (κ3) is 3.63. The van der Waals surface area contributed by atoms with Gasteiger partial charge in [0.25, 0.3) is 0 Å². The summed E-state index contributed by atoms with van der Waals surface area (Å²) in [5, 5.41) is 0.782. The molecule has 106 valence electrons. The first-order valence-electron chi connectivity index (χ1n) is 6.75. The molecule has 0 saturated heterocycles. The van der Waals surface area contributed by atoms with Crippen LogP contribution in [0, 0.1) is 0 Å². The van der Waals surface area contributed by atoms with Crippen molar-refractivity contribution in [2.24, 2.45) is 0 Å². The molecule has 1 aromatic carbocycles. The van der Waals surface area contributed by atoms with Gasteiger partial charge in [0.05, 0.1) is 17.6 Å². The van der Waals surface area contributed by atoms with Gasteiger partial charge in [0, 0.05) is 13.1 Å². The van der Waals surface area contributed by atoms with E-state index in [4.69, 9.17) is 0 Å². The maximum Gasteiger partial charge on any atom is 0.233 e. The van der Waals surface area contributed by atoms with Crippen molar-refractivity contribution in [3.8, 4) is 11.3 Å². The molecule has 2 aromatic rings. The lowest BCUT2D eigenvalue weighted by Crippen LogP contribution is -2.31. The molecule has 0 aliphatic rings. The topological polar surface area (TPSA) is 49.0 Å². The van der Waals surface area contributed by atoms with Crippen molar-refractivity contribution in [2.45, 2.75) is 19.0 Å². The first-order valence-corrected chi connectivity index (χ1v) is 7.74. The minimum atomic E-state index is 0.151. The molecule has 0 unspecified atom stereocenters. The van der Waals surface area contributed by atoms with Crippen molar-refractivity contribution in [1.82, 2.24) is 14.9 Å². The van der Waals surface area contributed by atoms with Crippen molar-refractivity contribution in [1.29, 1.82) is 0 Å². The number of hydrogen-bond acceptors (Lipinski definition) is 3. The van der Waals surface area contributed by atoms with Crippen LogP contribution in [0.3, 0.4) is 0 Å². The summed E-state index contributed by atoms with van der Waals surface area (Å²) in [6.45, 7) is 5.49. The third-order valence-corrected chi connectivity index (χ3v) is 3.96. The van der Waals surface area contributed by atoms with Gasteiger partial charge in [-0.1, -0.05) is 42.1 Å². The fourth-order valence-corrected chi connectivity index (χ4v) is 2.69. The highest BCUT2D eigenvalue weighted by Crippen LogP contribution is 2.21. The number of rotatable bonds is 6. The Balaban J connectivity index is 1.95. The molecule has 0 bridgehead atoms. The smallest absolute Gasteiger partial charge is 0.233 e. The number of hydrogen-bond donors (Lipinski definition) is 1. The number of thioether (sulfide) groups is 1. The van der Waals surface area contributed by atoms with Crippen molar-refractivity contribution in [3.63, 3.8) is 0 Å². The first-order chi connectivity index (χ1) is 9.74. The Morgan fingerprint density at radius 2 is 1.95 bits per heavy atom. The number of carbonyl (C=O) groups excluding carboxylic acids is 1. The summed E-state index contributed by atoms with van der Waals surface area (Å²) in [4.78, 5) is 21.3. The summed E-state index contributed by atoms with van der Waals surface area (Å²) >= 11 is 1.45. The van der Waals surface area contributed by atoms with Gasteiger partial charge in [0.15, 0.2) is 5.16 Å². The minimum Gasteiger partial charge on any atom is -0.343 e. The van der Waals surface area contributed by atoms with Crippen LogP contribution >= 0.6 is 11.8 Å². The average Bonchev–Trinajstić information content (AvgIpc) is 2.96. The van der Waals surface area contributed by atoms with Crippen LogP contribution in [0.1, 0.15) is 13.8 Å². The van der Waals surface area contributed by atoms with E-state index >= 15 is 0 Å². The zero-order valence-corrected chi connectivity index (χ0v) is 12.6. The highest BCUT2D eigenvalue weighted by Gasteiger charge is 2.11. The molecule has 0 atom stereocenters. The van der Waals surface area contributed by atoms with Crippen LogP contribution in [-0.2, 0) is 4.79 Å². The zero-order chi connectivity index (χ0) is 14.4. The maximum atomic E-state index is 11.9. The number of benzene rings is 1. The van der Waals surface area contributed by atoms with Crippen molar-refractivity contribution < 1.29 is 4.79 Å². The minimum absolute atomic E-state index is 0.151. The SMILES string of the molecule is CCN(CC)C(=O)CSc1ncc(-c2ccccc2)[nH]1. The van der Waals surface area contributed by atoms with Gasteiger partial charge < -0.3 is 9.88 Å². The largest absolute Gasteiger partial charge is 0.343 e. The second-order valence-corrected chi connectivity index (χ2v) is 5.29. The summed E-state index contributed by atoms with van der Waals surface area (Å²) < 4.78 is 0. The predicted molar refractivity (Wildman–Crippen MR) is 82.7 cm³/mol. The highest BCUT2D eigenvalue weighted by atomic mass is 32.2. The first kappa shape index (κ1) is 14.7. The molecule has 0 saturated carbocycles. The Labute approximate surface area is 123 Å². The average molecular weight is 289 g/mol. The van der Waals surface area contributed by atoms with Gasteiger partial charge >= 0.3 is 0 Å². The van der Waals surface area contributed by atoms with Crippen LogP contribution in [0.4, 0.5) is 0 Å². The summed E-state index contributed by atoms with van der Waals surface area (Å²) in [7, 11) is 0. The molecule has 4 nitrogen and oxygen atoms in total. The number of aromatic amines is 1. The Kier molecular flexibility index (Phi) is 5.24. The summed E-state index contributed by atoms with van der Waals surface area (Å²) in [5.41, 5.74) is 2.07. The molecule has 1 N–H and O–H groups in total. The van der Waals surface area contributed by atoms with Gasteiger partial charge in [-0.15, -0.1) is 0 Å². The van der Waals surface area contributed by atoms with Crippen molar-refractivity contribution >= 4 is 17.7 Å². The number of imidazole rings is 1. The second kappa shape index (κ2) is 7.14. The van der Waals surface area contributed by atoms with E-state index in [1.54, 1.807) is 6.20 Å². The van der Waals surface area contributed by atoms with E-state index < -0.39 is 0 Å². The van der Waals surface area contributed by atoms with E-state index in [-0.39, 0.29) is 5.91 Å². The zero-order valence-electron chi connectivity index (χ0n) is 11.8. The highest BCUT2D eigenvalue weighted by molar-refractivity contribution is 7.99. The number of aromatic nitrogens is 2. The number of carbonyl (C=O) groups is 1. The molecule has 2 rings (SSSR count). The summed E-state index contributed by atoms with van der Waals surface area (Å²) in [6.07, 6.45) is 1.81. The molecule has 20 heavy (non-hydrogen) atoms. The number of nitrogens with one attached hydrogen (secondary N) is 1. The lowest BCUT2D eigenvalue weighted by Gasteiger charge is -2.17. The monoisotopic (exact) mass is 289 g/mol. The molecule has 0 aliphatic heterocycles. The molecule has 1 amide bonds. The molecule has 1 heterocycles. The molecule has 5 heteroatoms. The van der Waals surface area contributed by atoms with Gasteiger partial charge in [-0.2, -0.15) is 0 Å². The molecular weight excluding hydrogens is 270 g/mol. The van der Waals surface area contributed by atoms with Crippen molar-refractivity contribution in [3.05, 3.63) is 36.5 Å². The second-order valence-electron chi connectivity index (χ2n) is 4.32. The summed E-state index contributed by atoms with van der Waals surface area (Å²) in [6, 6.07) is 10.0. The Morgan fingerprint density at radius 1 is 1.25 bits per heavy atom. The number of H-pyrrole nitrogens is 1. The fourth-order valence-electron chi connectivity index (χ4n) is 1.94. The van der Waals surface area contributed by atoms with E-state index in [0.29, 0.717) is 5.75 Å².